The maximum Gasteiger partial charge on any atom is 0.233 e. The third-order valence-electron chi connectivity index (χ3n) is 8.64. The van der Waals surface area contributed by atoms with Gasteiger partial charge < -0.3 is 14.5 Å². The molecule has 0 radical (unpaired) electrons. The van der Waals surface area contributed by atoms with Crippen LogP contribution in [0.5, 0.6) is 0 Å². The zero-order valence-electron chi connectivity index (χ0n) is 21.0. The van der Waals surface area contributed by atoms with Gasteiger partial charge in [-0.25, -0.2) is 13.2 Å². The molecule has 0 aromatic heterocycles. The van der Waals surface area contributed by atoms with E-state index in [1.54, 1.807) is 12.1 Å². The second-order valence-electron chi connectivity index (χ2n) is 10.6. The Kier molecular flexibility index (Phi) is 7.14. The van der Waals surface area contributed by atoms with Crippen molar-refractivity contribution < 1.29 is 22.7 Å². The Morgan fingerprint density at radius 3 is 2.44 bits per heavy atom. The molecular formula is C29H35F3N2O2. The maximum atomic E-state index is 14.0. The van der Waals surface area contributed by atoms with Crippen molar-refractivity contribution in [1.82, 2.24) is 9.80 Å². The number of amides is 1. The average molecular weight is 501 g/mol. The first-order chi connectivity index (χ1) is 17.4. The van der Waals surface area contributed by atoms with E-state index in [9.17, 15) is 18.0 Å². The van der Waals surface area contributed by atoms with Crippen molar-refractivity contribution in [3.05, 3.63) is 70.5 Å². The lowest BCUT2D eigenvalue weighted by Gasteiger charge is -2.39. The molecule has 7 heteroatoms. The van der Waals surface area contributed by atoms with Crippen LogP contribution >= 0.6 is 0 Å². The van der Waals surface area contributed by atoms with Crippen LogP contribution in [0, 0.1) is 17.5 Å². The van der Waals surface area contributed by atoms with Crippen LogP contribution in [-0.2, 0) is 27.2 Å². The van der Waals surface area contributed by atoms with Gasteiger partial charge in [-0.1, -0.05) is 25.0 Å². The predicted octanol–water partition coefficient (Wildman–Crippen LogP) is 5.68. The lowest BCUT2D eigenvalue weighted by Crippen LogP contribution is -2.47. The second-order valence-corrected chi connectivity index (χ2v) is 10.6. The minimum Gasteiger partial charge on any atom is -0.365 e. The van der Waals surface area contributed by atoms with Gasteiger partial charge in [-0.15, -0.1) is 0 Å². The van der Waals surface area contributed by atoms with Gasteiger partial charge in [-0.3, -0.25) is 4.79 Å². The molecule has 4 nitrogen and oxygen atoms in total. The van der Waals surface area contributed by atoms with Gasteiger partial charge >= 0.3 is 0 Å². The Bertz CT molecular complexity index is 1110. The highest BCUT2D eigenvalue weighted by Crippen LogP contribution is 2.45. The summed E-state index contributed by atoms with van der Waals surface area (Å²) in [6.45, 7) is 6.35. The summed E-state index contributed by atoms with van der Waals surface area (Å²) in [5.74, 6) is -1.96. The average Bonchev–Trinajstić information content (AvgIpc) is 3.51. The van der Waals surface area contributed by atoms with Crippen molar-refractivity contribution in [3.8, 4) is 0 Å². The van der Waals surface area contributed by atoms with Crippen LogP contribution in [0.4, 0.5) is 13.2 Å². The molecule has 0 bridgehead atoms. The first kappa shape index (κ1) is 25.3. The zero-order valence-corrected chi connectivity index (χ0v) is 21.0. The van der Waals surface area contributed by atoms with Gasteiger partial charge in [0.25, 0.3) is 0 Å². The molecule has 1 aliphatic carbocycles. The van der Waals surface area contributed by atoms with Crippen LogP contribution in [0.2, 0.25) is 0 Å². The van der Waals surface area contributed by atoms with Gasteiger partial charge in [0.15, 0.2) is 11.6 Å². The molecule has 1 saturated heterocycles. The molecule has 0 unspecified atom stereocenters. The number of benzene rings is 2. The first-order valence-corrected chi connectivity index (χ1v) is 13.3. The number of nitrogens with zero attached hydrogens (tertiary/aromatic N) is 2. The van der Waals surface area contributed by atoms with Crippen molar-refractivity contribution >= 4 is 5.91 Å². The van der Waals surface area contributed by atoms with Crippen molar-refractivity contribution in [2.75, 3.05) is 32.7 Å². The van der Waals surface area contributed by atoms with Crippen LogP contribution in [0.15, 0.2) is 36.4 Å². The number of ether oxygens (including phenoxy) is 1. The molecule has 194 valence electrons. The number of halogens is 3. The third-order valence-corrected chi connectivity index (χ3v) is 8.64. The molecule has 2 aromatic rings. The molecule has 2 aliphatic heterocycles. The molecule has 1 amide bonds. The number of carbonyl (C=O) groups is 1. The van der Waals surface area contributed by atoms with Gasteiger partial charge in [0, 0.05) is 26.2 Å². The fourth-order valence-electron chi connectivity index (χ4n) is 6.53. The highest BCUT2D eigenvalue weighted by Gasteiger charge is 2.45. The van der Waals surface area contributed by atoms with Crippen LogP contribution in [0.3, 0.4) is 0 Å². The standard InChI is InChI=1S/C29H35F3N2O2/c1-2-34(27(35)28(10-3-4-11-28)22-7-9-25(31)26(32)18-22)15-5-14-33-16-12-29(13-17-33)24-19-23(30)8-6-21(24)20-36-29/h6-9,18-19H,2-5,10-17,20H2,1H3. The first-order valence-electron chi connectivity index (χ1n) is 13.3. The van der Waals surface area contributed by atoms with E-state index in [0.717, 1.165) is 68.9 Å². The Morgan fingerprint density at radius 2 is 1.75 bits per heavy atom. The Labute approximate surface area is 211 Å². The van der Waals surface area contributed by atoms with Crippen molar-refractivity contribution in [3.63, 3.8) is 0 Å². The SMILES string of the molecule is CCN(CCCN1CCC2(CC1)OCc1ccc(F)cc12)C(=O)C1(c2ccc(F)c(F)c2)CCCC1. The Hall–Kier alpha value is -2.38. The molecule has 36 heavy (non-hydrogen) atoms. The number of rotatable bonds is 7. The normalized spacial score (nSPS) is 20.6. The van der Waals surface area contributed by atoms with Crippen molar-refractivity contribution in [1.29, 1.82) is 0 Å². The molecule has 1 spiro atoms. The van der Waals surface area contributed by atoms with Crippen LogP contribution < -0.4 is 0 Å². The molecule has 2 fully saturated rings. The Morgan fingerprint density at radius 1 is 1.00 bits per heavy atom. The molecule has 1 saturated carbocycles. The van der Waals surface area contributed by atoms with E-state index in [-0.39, 0.29) is 17.3 Å². The zero-order chi connectivity index (χ0) is 25.3. The minimum absolute atomic E-state index is 0.0316. The van der Waals surface area contributed by atoms with E-state index in [1.807, 2.05) is 17.9 Å². The lowest BCUT2D eigenvalue weighted by molar-refractivity contribution is -0.137. The van der Waals surface area contributed by atoms with Gasteiger partial charge in [-0.2, -0.15) is 0 Å². The van der Waals surface area contributed by atoms with E-state index in [2.05, 4.69) is 4.90 Å². The molecule has 0 N–H and O–H groups in total. The van der Waals surface area contributed by atoms with E-state index in [4.69, 9.17) is 4.74 Å². The molecule has 2 heterocycles. The maximum absolute atomic E-state index is 14.0. The van der Waals surface area contributed by atoms with Gasteiger partial charge in [0.05, 0.1) is 17.6 Å². The van der Waals surface area contributed by atoms with Crippen molar-refractivity contribution in [2.24, 2.45) is 0 Å². The quantitative estimate of drug-likeness (QED) is 0.491. The predicted molar refractivity (Wildman–Crippen MR) is 132 cm³/mol. The van der Waals surface area contributed by atoms with E-state index < -0.39 is 17.0 Å². The number of fused-ring (bicyclic) bond motifs is 2. The van der Waals surface area contributed by atoms with E-state index in [1.165, 1.54) is 12.1 Å². The van der Waals surface area contributed by atoms with Crippen LogP contribution in [0.1, 0.15) is 68.6 Å². The van der Waals surface area contributed by atoms with E-state index in [0.29, 0.717) is 38.1 Å². The smallest absolute Gasteiger partial charge is 0.233 e. The molecule has 3 aliphatic rings. The summed E-state index contributed by atoms with van der Waals surface area (Å²) in [6.07, 6.45) is 5.66. The van der Waals surface area contributed by atoms with Crippen molar-refractivity contribution in [2.45, 2.75) is 69.5 Å². The number of hydrogen-bond acceptors (Lipinski definition) is 3. The van der Waals surface area contributed by atoms with Gasteiger partial charge in [0.1, 0.15) is 5.82 Å². The number of likely N-dealkylation sites (tertiary alicyclic amines) is 1. The number of likely N-dealkylation sites (N-methyl/N-ethyl adjacent to an activating group) is 1. The third kappa shape index (κ3) is 4.56. The topological polar surface area (TPSA) is 32.8 Å². The van der Waals surface area contributed by atoms with Crippen LogP contribution in [-0.4, -0.2) is 48.4 Å². The van der Waals surface area contributed by atoms with Crippen LogP contribution in [0.25, 0.3) is 0 Å². The number of carbonyl (C=O) groups excluding carboxylic acids is 1. The van der Waals surface area contributed by atoms with E-state index >= 15 is 0 Å². The number of piperidine rings is 1. The molecular weight excluding hydrogens is 465 g/mol. The molecule has 2 aromatic carbocycles. The summed E-state index contributed by atoms with van der Waals surface area (Å²) in [5.41, 5.74) is 1.55. The highest BCUT2D eigenvalue weighted by molar-refractivity contribution is 5.88. The second kappa shape index (κ2) is 10.2. The largest absolute Gasteiger partial charge is 0.365 e. The summed E-state index contributed by atoms with van der Waals surface area (Å²) in [4.78, 5) is 18.0. The summed E-state index contributed by atoms with van der Waals surface area (Å²) < 4.78 is 47.6. The highest BCUT2D eigenvalue weighted by atomic mass is 19.2. The summed E-state index contributed by atoms with van der Waals surface area (Å²) >= 11 is 0. The molecule has 0 atom stereocenters. The monoisotopic (exact) mass is 500 g/mol. The fourth-order valence-corrected chi connectivity index (χ4v) is 6.53. The summed E-state index contributed by atoms with van der Waals surface area (Å²) in [5, 5.41) is 0. The molecule has 5 rings (SSSR count). The minimum atomic E-state index is -0.894. The summed E-state index contributed by atoms with van der Waals surface area (Å²) in [6, 6.07) is 8.89. The van der Waals surface area contributed by atoms with Gasteiger partial charge in [0.2, 0.25) is 5.91 Å². The summed E-state index contributed by atoms with van der Waals surface area (Å²) in [7, 11) is 0. The fraction of sp³-hybridized carbons (Fsp3) is 0.552. The number of hydrogen-bond donors (Lipinski definition) is 0. The lowest BCUT2D eigenvalue weighted by atomic mass is 9.77. The Balaban J connectivity index is 1.18. The van der Waals surface area contributed by atoms with Gasteiger partial charge in [-0.05, 0) is 86.5 Å².